The van der Waals surface area contributed by atoms with Gasteiger partial charge in [0.15, 0.2) is 5.82 Å². The van der Waals surface area contributed by atoms with Gasteiger partial charge in [0.2, 0.25) is 0 Å². The number of nitrogens with two attached hydrogens (primary N) is 1. The number of benzene rings is 1. The minimum absolute atomic E-state index is 0.00478. The fraction of sp³-hybridized carbons (Fsp3) is 0.0769. The molecule has 2 aromatic heterocycles. The normalized spacial score (nSPS) is 10.6. The van der Waals surface area contributed by atoms with Gasteiger partial charge in [0.05, 0.1) is 29.9 Å². The number of nitriles is 1. The minimum atomic E-state index is -0.421. The van der Waals surface area contributed by atoms with Crippen molar-refractivity contribution in [3.8, 4) is 11.9 Å². The molecular formula is C13H10N6O. The van der Waals surface area contributed by atoms with Gasteiger partial charge >= 0.3 is 0 Å². The highest BCUT2D eigenvalue weighted by molar-refractivity contribution is 5.79. The molecule has 0 unspecified atom stereocenters. The van der Waals surface area contributed by atoms with Crippen molar-refractivity contribution in [2.45, 2.75) is 6.42 Å². The first-order valence-corrected chi connectivity index (χ1v) is 5.89. The van der Waals surface area contributed by atoms with E-state index in [1.807, 2.05) is 24.3 Å². The zero-order valence-electron chi connectivity index (χ0n) is 10.4. The Kier molecular flexibility index (Phi) is 2.69. The summed E-state index contributed by atoms with van der Waals surface area (Å²) in [5.41, 5.74) is 6.84. The van der Waals surface area contributed by atoms with Gasteiger partial charge in [0.25, 0.3) is 5.56 Å². The number of rotatable bonds is 2. The number of fused-ring (bicyclic) bond motifs is 1. The van der Waals surface area contributed by atoms with Gasteiger partial charge in [-0.2, -0.15) is 5.26 Å². The molecule has 0 fully saturated rings. The van der Waals surface area contributed by atoms with Gasteiger partial charge in [-0.25, -0.2) is 9.97 Å². The van der Waals surface area contributed by atoms with Crippen LogP contribution in [0.3, 0.4) is 0 Å². The number of para-hydroxylation sites is 2. The maximum Gasteiger partial charge on any atom is 0.276 e. The second-order valence-electron chi connectivity index (χ2n) is 4.16. The molecule has 0 atom stereocenters. The Hall–Kier alpha value is -3.14. The van der Waals surface area contributed by atoms with Crippen molar-refractivity contribution >= 4 is 16.7 Å². The number of H-pyrrole nitrogens is 1. The topological polar surface area (TPSA) is 113 Å². The Morgan fingerprint density at radius 1 is 1.40 bits per heavy atom. The summed E-state index contributed by atoms with van der Waals surface area (Å²) in [5.74, 6) is 0.784. The molecule has 3 rings (SSSR count). The molecule has 0 saturated heterocycles. The highest BCUT2D eigenvalue weighted by Gasteiger charge is 2.16. The molecular weight excluding hydrogens is 256 g/mol. The first-order chi connectivity index (χ1) is 9.72. The van der Waals surface area contributed by atoms with Gasteiger partial charge < -0.3 is 10.7 Å². The van der Waals surface area contributed by atoms with Crippen LogP contribution in [0.15, 0.2) is 35.4 Å². The Balaban J connectivity index is 2.40. The van der Waals surface area contributed by atoms with Crippen LogP contribution < -0.4 is 11.3 Å². The molecule has 2 heterocycles. The average Bonchev–Trinajstić information content (AvgIpc) is 2.80. The molecule has 0 bridgehead atoms. The van der Waals surface area contributed by atoms with E-state index in [1.165, 1.54) is 6.33 Å². The maximum atomic E-state index is 11.6. The van der Waals surface area contributed by atoms with Crippen molar-refractivity contribution in [1.82, 2.24) is 19.5 Å². The van der Waals surface area contributed by atoms with Crippen LogP contribution in [0, 0.1) is 11.3 Å². The lowest BCUT2D eigenvalue weighted by Crippen LogP contribution is -2.17. The molecule has 3 aromatic rings. The predicted molar refractivity (Wildman–Crippen MR) is 73.2 cm³/mol. The number of anilines is 1. The summed E-state index contributed by atoms with van der Waals surface area (Å²) in [6, 6.07) is 9.42. The van der Waals surface area contributed by atoms with Crippen molar-refractivity contribution in [1.29, 1.82) is 5.26 Å². The monoisotopic (exact) mass is 266 g/mol. The summed E-state index contributed by atoms with van der Waals surface area (Å²) in [7, 11) is 0. The lowest BCUT2D eigenvalue weighted by Gasteiger charge is -2.08. The summed E-state index contributed by atoms with van der Waals surface area (Å²) in [4.78, 5) is 22.5. The molecule has 3 N–H and O–H groups in total. The number of nitrogen functional groups attached to an aromatic ring is 1. The maximum absolute atomic E-state index is 11.6. The molecule has 7 heteroatoms. The zero-order valence-corrected chi connectivity index (χ0v) is 10.4. The number of nitrogens with zero attached hydrogens (tertiary/aromatic N) is 4. The third-order valence-electron chi connectivity index (χ3n) is 2.95. The minimum Gasteiger partial charge on any atom is -0.391 e. The van der Waals surface area contributed by atoms with Gasteiger partial charge in [-0.1, -0.05) is 12.1 Å². The summed E-state index contributed by atoms with van der Waals surface area (Å²) in [6.07, 6.45) is 1.38. The second-order valence-corrected chi connectivity index (χ2v) is 4.16. The Bertz CT molecular complexity index is 886. The number of hydrogen-bond donors (Lipinski definition) is 2. The zero-order chi connectivity index (χ0) is 14.1. The first kappa shape index (κ1) is 11.9. The molecule has 1 aromatic carbocycles. The SMILES string of the molecule is N#CCc1nc2ccccc2n1-c1nc[nH]c(=O)c1N. The fourth-order valence-corrected chi connectivity index (χ4v) is 2.08. The van der Waals surface area contributed by atoms with Crippen LogP contribution in [0.5, 0.6) is 0 Å². The molecule has 0 aliphatic carbocycles. The van der Waals surface area contributed by atoms with Gasteiger partial charge in [-0.3, -0.25) is 9.36 Å². The third kappa shape index (κ3) is 1.71. The Morgan fingerprint density at radius 3 is 3.00 bits per heavy atom. The molecule has 0 spiro atoms. The van der Waals surface area contributed by atoms with Crippen molar-refractivity contribution in [3.05, 3.63) is 46.8 Å². The summed E-state index contributed by atoms with van der Waals surface area (Å²) >= 11 is 0. The van der Waals surface area contributed by atoms with E-state index in [0.717, 1.165) is 11.0 Å². The first-order valence-electron chi connectivity index (χ1n) is 5.89. The highest BCUT2D eigenvalue weighted by atomic mass is 16.1. The molecule has 98 valence electrons. The molecule has 20 heavy (non-hydrogen) atoms. The van der Waals surface area contributed by atoms with Gasteiger partial charge in [0, 0.05) is 0 Å². The Labute approximate surface area is 113 Å². The number of nitrogens with one attached hydrogen (secondary N) is 1. The third-order valence-corrected chi connectivity index (χ3v) is 2.95. The molecule has 7 nitrogen and oxygen atoms in total. The van der Waals surface area contributed by atoms with Crippen LogP contribution in [0.1, 0.15) is 5.82 Å². The van der Waals surface area contributed by atoms with Crippen LogP contribution in [0.2, 0.25) is 0 Å². The van der Waals surface area contributed by atoms with E-state index in [2.05, 4.69) is 21.0 Å². The van der Waals surface area contributed by atoms with E-state index in [9.17, 15) is 4.79 Å². The molecule has 0 aliphatic rings. The van der Waals surface area contributed by atoms with Crippen molar-refractivity contribution < 1.29 is 0 Å². The molecule has 0 saturated carbocycles. The quantitative estimate of drug-likeness (QED) is 0.710. The highest BCUT2D eigenvalue weighted by Crippen LogP contribution is 2.22. The lowest BCUT2D eigenvalue weighted by molar-refractivity contribution is 0.909. The summed E-state index contributed by atoms with van der Waals surface area (Å²) in [5, 5.41) is 8.92. The van der Waals surface area contributed by atoms with Crippen LogP contribution in [-0.2, 0) is 6.42 Å². The smallest absolute Gasteiger partial charge is 0.276 e. The van der Waals surface area contributed by atoms with Gasteiger partial charge in [-0.05, 0) is 12.1 Å². The molecule has 0 aliphatic heterocycles. The van der Waals surface area contributed by atoms with Gasteiger partial charge in [-0.15, -0.1) is 0 Å². The van der Waals surface area contributed by atoms with E-state index in [0.29, 0.717) is 5.82 Å². The number of hydrogen-bond acceptors (Lipinski definition) is 5. The van der Waals surface area contributed by atoms with Crippen LogP contribution in [0.4, 0.5) is 5.69 Å². The van der Waals surface area contributed by atoms with Crippen LogP contribution >= 0.6 is 0 Å². The standard InChI is InChI=1S/C13H10N6O/c14-6-5-10-18-8-3-1-2-4-9(8)19(10)12-11(15)13(20)17-7-16-12/h1-4,7H,5,15H2,(H,16,17,20). The summed E-state index contributed by atoms with van der Waals surface area (Å²) < 4.78 is 1.64. The molecule has 0 radical (unpaired) electrons. The van der Waals surface area contributed by atoms with Crippen LogP contribution in [-0.4, -0.2) is 19.5 Å². The van der Waals surface area contributed by atoms with Crippen LogP contribution in [0.25, 0.3) is 16.9 Å². The Morgan fingerprint density at radius 2 is 2.20 bits per heavy atom. The fourth-order valence-electron chi connectivity index (χ4n) is 2.08. The van der Waals surface area contributed by atoms with Crippen molar-refractivity contribution in [2.24, 2.45) is 0 Å². The van der Waals surface area contributed by atoms with E-state index in [4.69, 9.17) is 11.0 Å². The molecule has 0 amide bonds. The average molecular weight is 266 g/mol. The predicted octanol–water partition coefficient (Wildman–Crippen LogP) is 0.757. The largest absolute Gasteiger partial charge is 0.391 e. The van der Waals surface area contributed by atoms with E-state index in [-0.39, 0.29) is 17.9 Å². The van der Waals surface area contributed by atoms with E-state index < -0.39 is 5.56 Å². The summed E-state index contributed by atoms with van der Waals surface area (Å²) in [6.45, 7) is 0. The van der Waals surface area contributed by atoms with Gasteiger partial charge in [0.1, 0.15) is 11.5 Å². The second kappa shape index (κ2) is 4.51. The van der Waals surface area contributed by atoms with E-state index in [1.54, 1.807) is 4.57 Å². The number of aromatic nitrogens is 4. The number of imidazole rings is 1. The van der Waals surface area contributed by atoms with Crippen molar-refractivity contribution in [2.75, 3.05) is 5.73 Å². The van der Waals surface area contributed by atoms with Crippen molar-refractivity contribution in [3.63, 3.8) is 0 Å². The lowest BCUT2D eigenvalue weighted by atomic mass is 10.3. The van der Waals surface area contributed by atoms with E-state index >= 15 is 0 Å². The number of aromatic amines is 1.